The third-order valence-electron chi connectivity index (χ3n) is 4.68. The van der Waals surface area contributed by atoms with Gasteiger partial charge in [-0.25, -0.2) is 21.8 Å². The van der Waals surface area contributed by atoms with E-state index in [-0.39, 0.29) is 30.5 Å². The second-order valence-electron chi connectivity index (χ2n) is 6.91. The Kier molecular flexibility index (Phi) is 7.03. The fraction of sp³-hybridized carbons (Fsp3) is 0.211. The van der Waals surface area contributed by atoms with Crippen molar-refractivity contribution in [3.8, 4) is 0 Å². The van der Waals surface area contributed by atoms with Gasteiger partial charge in [0.05, 0.1) is 34.6 Å². The third-order valence-corrected chi connectivity index (χ3v) is 9.51. The van der Waals surface area contributed by atoms with E-state index < -0.39 is 20.0 Å². The number of hydrogen-bond donors (Lipinski definition) is 2. The highest BCUT2D eigenvalue weighted by Crippen LogP contribution is 2.35. The lowest BCUT2D eigenvalue weighted by atomic mass is 10.3. The molecule has 9 nitrogen and oxygen atoms in total. The van der Waals surface area contributed by atoms with Gasteiger partial charge in [-0.2, -0.15) is 0 Å². The molecule has 1 aliphatic rings. The summed E-state index contributed by atoms with van der Waals surface area (Å²) in [5.41, 5.74) is -0.152. The van der Waals surface area contributed by atoms with E-state index in [2.05, 4.69) is 14.4 Å². The van der Waals surface area contributed by atoms with Crippen LogP contribution < -0.4 is 14.3 Å². The quantitative estimate of drug-likeness (QED) is 0.459. The Bertz CT molecular complexity index is 1340. The van der Waals surface area contributed by atoms with Crippen LogP contribution in [0.25, 0.3) is 0 Å². The molecule has 1 fully saturated rings. The maximum atomic E-state index is 13.0. The molecule has 4 rings (SSSR count). The number of nitrogens with one attached hydrogen (secondary N) is 2. The number of rotatable bonds is 7. The molecule has 3 heterocycles. The summed E-state index contributed by atoms with van der Waals surface area (Å²) in [6.07, 6.45) is 1.24. The van der Waals surface area contributed by atoms with Gasteiger partial charge in [0, 0.05) is 19.3 Å². The van der Waals surface area contributed by atoms with E-state index in [0.29, 0.717) is 32.1 Å². The highest BCUT2D eigenvalue weighted by atomic mass is 35.5. The Morgan fingerprint density at radius 1 is 0.939 bits per heavy atom. The summed E-state index contributed by atoms with van der Waals surface area (Å²) in [7, 11) is -8.07. The summed E-state index contributed by atoms with van der Waals surface area (Å²) < 4.78 is 61.4. The van der Waals surface area contributed by atoms with Crippen molar-refractivity contribution in [2.45, 2.75) is 9.10 Å². The number of aromatic nitrogens is 1. The zero-order valence-corrected chi connectivity index (χ0v) is 20.8. The maximum absolute atomic E-state index is 13.0. The van der Waals surface area contributed by atoms with Crippen LogP contribution >= 0.6 is 34.5 Å². The van der Waals surface area contributed by atoms with Crippen LogP contribution in [0.2, 0.25) is 10.0 Å². The van der Waals surface area contributed by atoms with Crippen molar-refractivity contribution < 1.29 is 21.6 Å². The van der Waals surface area contributed by atoms with Gasteiger partial charge in [0.25, 0.3) is 20.0 Å². The molecular formula is C19H18Cl2N4O5S3. The van der Waals surface area contributed by atoms with Crippen LogP contribution in [-0.2, 0) is 24.8 Å². The molecular weight excluding hydrogens is 531 g/mol. The number of morpholine rings is 1. The topological polar surface area (TPSA) is 118 Å². The van der Waals surface area contributed by atoms with Gasteiger partial charge in [-0.3, -0.25) is 9.44 Å². The molecule has 0 unspecified atom stereocenters. The number of nitrogens with zero attached hydrogens (tertiary/aromatic N) is 2. The second-order valence-corrected chi connectivity index (χ2v) is 12.3. The Hall–Kier alpha value is -2.09. The Morgan fingerprint density at radius 3 is 2.12 bits per heavy atom. The van der Waals surface area contributed by atoms with Gasteiger partial charge in [-0.15, -0.1) is 11.3 Å². The second kappa shape index (κ2) is 9.65. The van der Waals surface area contributed by atoms with Crippen molar-refractivity contribution in [2.75, 3.05) is 40.6 Å². The number of halogens is 2. The van der Waals surface area contributed by atoms with E-state index in [1.165, 1.54) is 30.5 Å². The van der Waals surface area contributed by atoms with Gasteiger partial charge < -0.3 is 9.64 Å². The van der Waals surface area contributed by atoms with E-state index in [9.17, 15) is 16.8 Å². The molecule has 2 N–H and O–H groups in total. The van der Waals surface area contributed by atoms with Gasteiger partial charge in [0.15, 0.2) is 0 Å². The van der Waals surface area contributed by atoms with Crippen LogP contribution in [0.15, 0.2) is 57.1 Å². The minimum absolute atomic E-state index is 0.0502. The summed E-state index contributed by atoms with van der Waals surface area (Å²) in [5.74, 6) is 0.635. The van der Waals surface area contributed by atoms with Crippen molar-refractivity contribution in [3.63, 3.8) is 0 Å². The number of pyridine rings is 1. The van der Waals surface area contributed by atoms with Crippen LogP contribution in [0.5, 0.6) is 0 Å². The molecule has 3 aromatic rings. The minimum Gasteiger partial charge on any atom is -0.378 e. The molecule has 176 valence electrons. The molecule has 0 spiro atoms. The first-order valence-electron chi connectivity index (χ1n) is 9.53. The number of ether oxygens (including phenoxy) is 1. The molecule has 0 saturated carbocycles. The maximum Gasteiger partial charge on any atom is 0.271 e. The zero-order chi connectivity index (χ0) is 23.6. The average Bonchev–Trinajstić information content (AvgIpc) is 3.34. The molecule has 1 aliphatic heterocycles. The smallest absolute Gasteiger partial charge is 0.271 e. The summed E-state index contributed by atoms with van der Waals surface area (Å²) in [5, 5.41) is 1.72. The lowest BCUT2D eigenvalue weighted by Crippen LogP contribution is -2.36. The lowest BCUT2D eigenvalue weighted by molar-refractivity contribution is 0.122. The summed E-state index contributed by atoms with van der Waals surface area (Å²) in [6, 6.07) is 8.53. The summed E-state index contributed by atoms with van der Waals surface area (Å²) in [4.78, 5) is 6.14. The molecule has 1 saturated heterocycles. The number of anilines is 3. The highest BCUT2D eigenvalue weighted by molar-refractivity contribution is 7.94. The first-order valence-corrected chi connectivity index (χ1v) is 14.1. The molecule has 0 atom stereocenters. The predicted octanol–water partition coefficient (Wildman–Crippen LogP) is 3.89. The van der Waals surface area contributed by atoms with E-state index >= 15 is 0 Å². The van der Waals surface area contributed by atoms with E-state index in [0.717, 1.165) is 11.3 Å². The highest BCUT2D eigenvalue weighted by Gasteiger charge is 2.23. The van der Waals surface area contributed by atoms with Crippen LogP contribution in [0.1, 0.15) is 0 Å². The molecule has 0 aliphatic carbocycles. The normalized spacial score (nSPS) is 14.8. The van der Waals surface area contributed by atoms with E-state index in [4.69, 9.17) is 27.9 Å². The first-order chi connectivity index (χ1) is 15.7. The molecule has 0 amide bonds. The number of hydrogen-bond acceptors (Lipinski definition) is 8. The fourth-order valence-corrected chi connectivity index (χ4v) is 6.45. The van der Waals surface area contributed by atoms with Gasteiger partial charge in [-0.1, -0.05) is 29.3 Å². The van der Waals surface area contributed by atoms with Crippen molar-refractivity contribution >= 4 is 71.8 Å². The van der Waals surface area contributed by atoms with Crippen molar-refractivity contribution in [1.82, 2.24) is 4.98 Å². The van der Waals surface area contributed by atoms with Gasteiger partial charge in [-0.05, 0) is 35.7 Å². The summed E-state index contributed by atoms with van der Waals surface area (Å²) >= 11 is 13.1. The molecule has 2 aromatic heterocycles. The Labute approximate surface area is 205 Å². The van der Waals surface area contributed by atoms with Crippen molar-refractivity contribution in [2.24, 2.45) is 0 Å². The molecule has 0 radical (unpaired) electrons. The SMILES string of the molecule is O=S(=O)(Nc1cc(Cl)c(Cl)cc1NS(=O)(=O)c1cccs1)c1ccc(N2CCOCC2)nc1. The average molecular weight is 549 g/mol. The van der Waals surface area contributed by atoms with Gasteiger partial charge >= 0.3 is 0 Å². The van der Waals surface area contributed by atoms with Crippen LogP contribution in [-0.4, -0.2) is 48.1 Å². The molecule has 0 bridgehead atoms. The van der Waals surface area contributed by atoms with Crippen LogP contribution in [0.3, 0.4) is 0 Å². The fourth-order valence-electron chi connectivity index (χ4n) is 3.04. The minimum atomic E-state index is -4.11. The lowest BCUT2D eigenvalue weighted by Gasteiger charge is -2.27. The van der Waals surface area contributed by atoms with Crippen LogP contribution in [0, 0.1) is 0 Å². The van der Waals surface area contributed by atoms with E-state index in [1.54, 1.807) is 17.5 Å². The standard InChI is InChI=1S/C19H18Cl2N4O5S3/c20-14-10-16(17(11-15(14)21)24-33(28,29)19-2-1-9-31-19)23-32(26,27)13-3-4-18(22-12-13)25-5-7-30-8-6-25/h1-4,9-12,23-24H,5-8H2. The Balaban J connectivity index is 1.61. The summed E-state index contributed by atoms with van der Waals surface area (Å²) in [6.45, 7) is 2.47. The number of thiophene rings is 1. The molecule has 1 aromatic carbocycles. The predicted molar refractivity (Wildman–Crippen MR) is 130 cm³/mol. The number of benzene rings is 1. The number of sulfonamides is 2. The van der Waals surface area contributed by atoms with E-state index in [1.807, 2.05) is 4.90 Å². The van der Waals surface area contributed by atoms with Crippen LogP contribution in [0.4, 0.5) is 17.2 Å². The van der Waals surface area contributed by atoms with Crippen molar-refractivity contribution in [3.05, 3.63) is 58.0 Å². The first kappa shape index (κ1) is 24.0. The monoisotopic (exact) mass is 548 g/mol. The third kappa shape index (κ3) is 5.53. The largest absolute Gasteiger partial charge is 0.378 e. The van der Waals surface area contributed by atoms with Gasteiger partial charge in [0.2, 0.25) is 0 Å². The van der Waals surface area contributed by atoms with Crippen molar-refractivity contribution in [1.29, 1.82) is 0 Å². The zero-order valence-electron chi connectivity index (χ0n) is 16.9. The molecule has 14 heteroatoms. The molecule has 33 heavy (non-hydrogen) atoms. The van der Waals surface area contributed by atoms with Gasteiger partial charge in [0.1, 0.15) is 14.9 Å². The Morgan fingerprint density at radius 2 is 1.58 bits per heavy atom.